The average Bonchev–Trinajstić information content (AvgIpc) is 2.83. The third-order valence-electron chi connectivity index (χ3n) is 3.08. The summed E-state index contributed by atoms with van der Waals surface area (Å²) in [4.78, 5) is 9.96. The number of pyridine rings is 1. The van der Waals surface area contributed by atoms with Crippen LogP contribution >= 0.6 is 11.3 Å². The van der Waals surface area contributed by atoms with Gasteiger partial charge < -0.3 is 5.32 Å². The van der Waals surface area contributed by atoms with E-state index in [0.717, 1.165) is 30.1 Å². The first kappa shape index (κ1) is 16.0. The molecule has 2 rings (SSSR count). The van der Waals surface area contributed by atoms with Crippen molar-refractivity contribution in [2.75, 3.05) is 6.54 Å². The van der Waals surface area contributed by atoms with Crippen molar-refractivity contribution in [3.8, 4) is 10.7 Å². The second kappa shape index (κ2) is 6.62. The van der Waals surface area contributed by atoms with Gasteiger partial charge in [-0.25, -0.2) is 9.37 Å². The molecule has 0 unspecified atom stereocenters. The first-order chi connectivity index (χ1) is 9.93. The van der Waals surface area contributed by atoms with Gasteiger partial charge in [-0.05, 0) is 25.1 Å². The molecule has 0 aromatic carbocycles. The van der Waals surface area contributed by atoms with Crippen molar-refractivity contribution in [3.05, 3.63) is 34.7 Å². The zero-order chi connectivity index (χ0) is 15.5. The molecule has 5 heteroatoms. The van der Waals surface area contributed by atoms with Crippen LogP contribution in [0.25, 0.3) is 10.7 Å². The maximum absolute atomic E-state index is 13.9. The van der Waals surface area contributed by atoms with Gasteiger partial charge >= 0.3 is 0 Å². The molecule has 0 fully saturated rings. The van der Waals surface area contributed by atoms with E-state index in [1.165, 1.54) is 17.4 Å². The van der Waals surface area contributed by atoms with E-state index < -0.39 is 0 Å². The Bertz CT molecular complexity index is 602. The lowest BCUT2D eigenvalue weighted by atomic mass is 9.91. The molecule has 3 nitrogen and oxygen atoms in total. The highest BCUT2D eigenvalue weighted by Crippen LogP contribution is 2.34. The van der Waals surface area contributed by atoms with Crippen molar-refractivity contribution in [1.29, 1.82) is 0 Å². The summed E-state index contributed by atoms with van der Waals surface area (Å²) in [6.07, 6.45) is 2.69. The molecule has 0 saturated carbocycles. The molecule has 0 saturated heterocycles. The second-order valence-electron chi connectivity index (χ2n) is 6.05. The maximum atomic E-state index is 13.9. The molecule has 1 N–H and O–H groups in total. The highest BCUT2D eigenvalue weighted by molar-refractivity contribution is 7.15. The Kier molecular flexibility index (Phi) is 5.06. The summed E-state index contributed by atoms with van der Waals surface area (Å²) in [5.74, 6) is -0.320. The molecule has 0 amide bonds. The van der Waals surface area contributed by atoms with Crippen LogP contribution < -0.4 is 5.32 Å². The summed E-state index contributed by atoms with van der Waals surface area (Å²) in [5.41, 5.74) is 1.30. The van der Waals surface area contributed by atoms with Crippen LogP contribution in [0.15, 0.2) is 18.3 Å². The van der Waals surface area contributed by atoms with E-state index in [1.54, 1.807) is 12.3 Å². The van der Waals surface area contributed by atoms with Gasteiger partial charge in [0.2, 0.25) is 0 Å². The zero-order valence-corrected chi connectivity index (χ0v) is 13.9. The van der Waals surface area contributed by atoms with Crippen molar-refractivity contribution in [2.45, 2.75) is 46.1 Å². The topological polar surface area (TPSA) is 37.8 Å². The lowest BCUT2D eigenvalue weighted by molar-refractivity contribution is 0.559. The Morgan fingerprint density at radius 2 is 2.10 bits per heavy atom. The Labute approximate surface area is 129 Å². The number of aromatic nitrogens is 2. The maximum Gasteiger partial charge on any atom is 0.151 e. The molecule has 0 aliphatic rings. The molecule has 114 valence electrons. The highest BCUT2D eigenvalue weighted by atomic mass is 32.1. The van der Waals surface area contributed by atoms with Gasteiger partial charge in [0.05, 0.1) is 5.69 Å². The van der Waals surface area contributed by atoms with E-state index in [1.807, 2.05) is 0 Å². The molecule has 0 aliphatic heterocycles. The van der Waals surface area contributed by atoms with Crippen molar-refractivity contribution < 1.29 is 4.39 Å². The third-order valence-corrected chi connectivity index (χ3v) is 4.14. The van der Waals surface area contributed by atoms with E-state index in [2.05, 4.69) is 43.0 Å². The first-order valence-corrected chi connectivity index (χ1v) is 8.07. The van der Waals surface area contributed by atoms with Gasteiger partial charge in [0.1, 0.15) is 10.7 Å². The second-order valence-corrected chi connectivity index (χ2v) is 7.14. The number of hydrogen-bond acceptors (Lipinski definition) is 4. The number of hydrogen-bond donors (Lipinski definition) is 1. The van der Waals surface area contributed by atoms with Crippen LogP contribution in [0.3, 0.4) is 0 Å². The van der Waals surface area contributed by atoms with Crippen LogP contribution in [-0.4, -0.2) is 16.5 Å². The van der Waals surface area contributed by atoms with Gasteiger partial charge in [-0.2, -0.15) is 0 Å². The van der Waals surface area contributed by atoms with Crippen LogP contribution in [0, 0.1) is 5.82 Å². The van der Waals surface area contributed by atoms with Crippen molar-refractivity contribution >= 4 is 11.3 Å². The molecule has 0 bridgehead atoms. The highest BCUT2D eigenvalue weighted by Gasteiger charge is 2.24. The quantitative estimate of drug-likeness (QED) is 0.844. The van der Waals surface area contributed by atoms with Gasteiger partial charge in [-0.1, -0.05) is 27.7 Å². The van der Waals surface area contributed by atoms with Crippen molar-refractivity contribution in [1.82, 2.24) is 15.3 Å². The summed E-state index contributed by atoms with van der Waals surface area (Å²) < 4.78 is 13.9. The van der Waals surface area contributed by atoms with Gasteiger partial charge in [0.25, 0.3) is 0 Å². The lowest BCUT2D eigenvalue weighted by Gasteiger charge is -2.17. The van der Waals surface area contributed by atoms with Crippen LogP contribution in [0.5, 0.6) is 0 Å². The molecule has 2 aromatic heterocycles. The first-order valence-electron chi connectivity index (χ1n) is 7.25. The Hall–Kier alpha value is -1.33. The summed E-state index contributed by atoms with van der Waals surface area (Å²) >= 11 is 1.53. The molecule has 21 heavy (non-hydrogen) atoms. The standard InChI is InChI=1S/C16H22FN3S/c1-5-8-18-10-12-14(16(2,3)4)20-15(21-12)13-11(17)7-6-9-19-13/h6-7,9,18H,5,8,10H2,1-4H3. The number of thiazole rings is 1. The molecule has 0 atom stereocenters. The van der Waals surface area contributed by atoms with E-state index >= 15 is 0 Å². The van der Waals surface area contributed by atoms with Crippen LogP contribution in [0.4, 0.5) is 4.39 Å². The van der Waals surface area contributed by atoms with Gasteiger partial charge in [-0.15, -0.1) is 11.3 Å². The Morgan fingerprint density at radius 3 is 2.71 bits per heavy atom. The lowest BCUT2D eigenvalue weighted by Crippen LogP contribution is -2.19. The van der Waals surface area contributed by atoms with Crippen LogP contribution in [0.1, 0.15) is 44.7 Å². The smallest absolute Gasteiger partial charge is 0.151 e. The van der Waals surface area contributed by atoms with Gasteiger partial charge in [-0.3, -0.25) is 4.98 Å². The minimum atomic E-state index is -0.320. The molecule has 0 spiro atoms. The molecular weight excluding hydrogens is 285 g/mol. The van der Waals surface area contributed by atoms with E-state index in [9.17, 15) is 4.39 Å². The van der Waals surface area contributed by atoms with Gasteiger partial charge in [0, 0.05) is 23.0 Å². The minimum absolute atomic E-state index is 0.0662. The number of nitrogens with zero attached hydrogens (tertiary/aromatic N) is 2. The number of halogens is 1. The largest absolute Gasteiger partial charge is 0.312 e. The molecule has 2 aromatic rings. The number of rotatable bonds is 5. The number of nitrogens with one attached hydrogen (secondary N) is 1. The normalized spacial score (nSPS) is 11.9. The molecular formula is C16H22FN3S. The monoisotopic (exact) mass is 307 g/mol. The van der Waals surface area contributed by atoms with E-state index in [0.29, 0.717) is 10.7 Å². The summed E-state index contributed by atoms with van der Waals surface area (Å²) in [7, 11) is 0. The fourth-order valence-corrected chi connectivity index (χ4v) is 3.32. The fraction of sp³-hybridized carbons (Fsp3) is 0.500. The average molecular weight is 307 g/mol. The third kappa shape index (κ3) is 3.86. The summed E-state index contributed by atoms with van der Waals surface area (Å²) in [6.45, 7) is 10.3. The molecule has 0 aliphatic carbocycles. The van der Waals surface area contributed by atoms with Gasteiger partial charge in [0.15, 0.2) is 5.82 Å². The molecule has 0 radical (unpaired) electrons. The zero-order valence-electron chi connectivity index (χ0n) is 13.0. The summed E-state index contributed by atoms with van der Waals surface area (Å²) in [6, 6.07) is 3.02. The van der Waals surface area contributed by atoms with Crippen LogP contribution in [0.2, 0.25) is 0 Å². The predicted octanol–water partition coefficient (Wildman–Crippen LogP) is 4.14. The Balaban J connectivity index is 2.38. The predicted molar refractivity (Wildman–Crippen MR) is 86.0 cm³/mol. The van der Waals surface area contributed by atoms with E-state index in [-0.39, 0.29) is 11.2 Å². The van der Waals surface area contributed by atoms with Crippen molar-refractivity contribution in [3.63, 3.8) is 0 Å². The summed E-state index contributed by atoms with van der Waals surface area (Å²) in [5, 5.41) is 4.06. The van der Waals surface area contributed by atoms with Crippen LogP contribution in [-0.2, 0) is 12.0 Å². The van der Waals surface area contributed by atoms with Crippen molar-refractivity contribution in [2.24, 2.45) is 0 Å². The Morgan fingerprint density at radius 1 is 1.33 bits per heavy atom. The SMILES string of the molecule is CCCNCc1sc(-c2ncccc2F)nc1C(C)(C)C. The fourth-order valence-electron chi connectivity index (χ4n) is 2.08. The van der Waals surface area contributed by atoms with E-state index in [4.69, 9.17) is 0 Å². The molecule has 2 heterocycles. The minimum Gasteiger partial charge on any atom is -0.312 e.